The van der Waals surface area contributed by atoms with Crippen molar-refractivity contribution in [1.29, 1.82) is 0 Å². The van der Waals surface area contributed by atoms with Gasteiger partial charge < -0.3 is 0 Å². The van der Waals surface area contributed by atoms with Gasteiger partial charge in [-0.3, -0.25) is 0 Å². The third-order valence-corrected chi connectivity index (χ3v) is 5.21. The van der Waals surface area contributed by atoms with E-state index in [1.165, 1.54) is 25.7 Å². The molecule has 2 fully saturated rings. The minimum Gasteiger partial charge on any atom is -0.0851 e. The van der Waals surface area contributed by atoms with E-state index < -0.39 is 0 Å². The smallest absolute Gasteiger partial charge is 0.0196 e. The first-order valence-electron chi connectivity index (χ1n) is 6.27. The highest BCUT2D eigenvalue weighted by Crippen LogP contribution is 2.55. The van der Waals surface area contributed by atoms with Crippen LogP contribution in [0.5, 0.6) is 0 Å². The molecule has 0 radical (unpaired) electrons. The lowest BCUT2D eigenvalue weighted by Gasteiger charge is -2.29. The molecular weight excluding hydrogens is 168 g/mol. The third kappa shape index (κ3) is 0.898. The van der Waals surface area contributed by atoms with Crippen LogP contribution in [0.3, 0.4) is 0 Å². The molecule has 2 saturated carbocycles. The maximum Gasteiger partial charge on any atom is -0.0196 e. The van der Waals surface area contributed by atoms with E-state index in [2.05, 4.69) is 24.3 Å². The van der Waals surface area contributed by atoms with Gasteiger partial charge in [0.25, 0.3) is 0 Å². The monoisotopic (exact) mass is 186 g/mol. The Hall–Kier alpha value is -0.520. The number of rotatable bonds is 1. The average Bonchev–Trinajstić information content (AvgIpc) is 2.96. The van der Waals surface area contributed by atoms with Crippen molar-refractivity contribution in [2.45, 2.75) is 25.7 Å². The predicted octanol–water partition coefficient (Wildman–Crippen LogP) is 3.41. The van der Waals surface area contributed by atoms with Gasteiger partial charge in [-0.2, -0.15) is 0 Å². The maximum atomic E-state index is 2.52. The minimum absolute atomic E-state index is 0.966. The Labute approximate surface area is 86.1 Å². The van der Waals surface area contributed by atoms with Crippen LogP contribution in [0.25, 0.3) is 0 Å². The molecule has 6 atom stereocenters. The normalized spacial score (nSPS) is 57.7. The highest BCUT2D eigenvalue weighted by Gasteiger charge is 2.46. The Morgan fingerprint density at radius 3 is 1.36 bits per heavy atom. The van der Waals surface area contributed by atoms with Crippen LogP contribution in [-0.2, 0) is 0 Å². The highest BCUT2D eigenvalue weighted by atomic mass is 14.5. The Balaban J connectivity index is 1.60. The van der Waals surface area contributed by atoms with Gasteiger partial charge in [0.1, 0.15) is 0 Å². The van der Waals surface area contributed by atoms with E-state index in [1.54, 1.807) is 0 Å². The molecule has 4 aliphatic carbocycles. The van der Waals surface area contributed by atoms with Crippen LogP contribution in [0, 0.1) is 35.5 Å². The quantitative estimate of drug-likeness (QED) is 0.550. The first-order chi connectivity index (χ1) is 6.90. The molecule has 0 aromatic heterocycles. The van der Waals surface area contributed by atoms with E-state index >= 15 is 0 Å². The van der Waals surface area contributed by atoms with Crippen LogP contribution >= 0.6 is 0 Å². The van der Waals surface area contributed by atoms with Crippen molar-refractivity contribution in [2.24, 2.45) is 35.5 Å². The fourth-order valence-corrected chi connectivity index (χ4v) is 4.63. The van der Waals surface area contributed by atoms with Crippen molar-refractivity contribution in [2.75, 3.05) is 0 Å². The molecule has 74 valence electrons. The van der Waals surface area contributed by atoms with E-state index in [0.29, 0.717) is 0 Å². The molecule has 4 rings (SSSR count). The van der Waals surface area contributed by atoms with E-state index in [4.69, 9.17) is 0 Å². The summed E-state index contributed by atoms with van der Waals surface area (Å²) in [6.07, 6.45) is 16.0. The predicted molar refractivity (Wildman–Crippen MR) is 57.7 cm³/mol. The molecule has 0 saturated heterocycles. The lowest BCUT2D eigenvalue weighted by molar-refractivity contribution is 0.249. The lowest BCUT2D eigenvalue weighted by atomic mass is 9.75. The largest absolute Gasteiger partial charge is 0.0851 e. The van der Waals surface area contributed by atoms with Gasteiger partial charge in [0, 0.05) is 0 Å². The summed E-state index contributed by atoms with van der Waals surface area (Å²) in [4.78, 5) is 0. The van der Waals surface area contributed by atoms with Crippen LogP contribution in [-0.4, -0.2) is 0 Å². The van der Waals surface area contributed by atoms with Crippen molar-refractivity contribution in [3.05, 3.63) is 24.3 Å². The molecule has 14 heavy (non-hydrogen) atoms. The molecule has 0 spiro atoms. The van der Waals surface area contributed by atoms with Crippen LogP contribution < -0.4 is 0 Å². The highest BCUT2D eigenvalue weighted by molar-refractivity contribution is 5.17. The molecule has 0 aromatic carbocycles. The molecule has 0 N–H and O–H groups in total. The van der Waals surface area contributed by atoms with Gasteiger partial charge in [-0.05, 0) is 61.2 Å². The molecule has 0 heteroatoms. The van der Waals surface area contributed by atoms with Crippen molar-refractivity contribution in [3.63, 3.8) is 0 Å². The van der Waals surface area contributed by atoms with Gasteiger partial charge in [0.15, 0.2) is 0 Å². The molecule has 2 unspecified atom stereocenters. The van der Waals surface area contributed by atoms with Crippen molar-refractivity contribution >= 4 is 0 Å². The van der Waals surface area contributed by atoms with E-state index in [0.717, 1.165) is 35.5 Å². The zero-order chi connectivity index (χ0) is 9.12. The molecule has 4 bridgehead atoms. The molecule has 0 aliphatic heterocycles. The molecule has 0 nitrogen and oxygen atoms in total. The molecular formula is C14H18. The van der Waals surface area contributed by atoms with E-state index in [-0.39, 0.29) is 0 Å². The van der Waals surface area contributed by atoms with Crippen molar-refractivity contribution in [3.8, 4) is 0 Å². The Bertz CT molecular complexity index is 280. The fraction of sp³-hybridized carbons (Fsp3) is 0.714. The first kappa shape index (κ1) is 7.73. The summed E-state index contributed by atoms with van der Waals surface area (Å²) in [5.74, 6) is 5.99. The van der Waals surface area contributed by atoms with E-state index in [1.807, 2.05) is 0 Å². The molecule has 0 aromatic rings. The SMILES string of the molecule is C1=C[C@@H]2C[C@H]1CC2C1C[C@@H]2C=C[C@H]1C2. The maximum absolute atomic E-state index is 2.52. The Morgan fingerprint density at radius 2 is 1.07 bits per heavy atom. The van der Waals surface area contributed by atoms with Gasteiger partial charge in [-0.25, -0.2) is 0 Å². The number of allylic oxidation sites excluding steroid dienone is 4. The number of hydrogen-bond donors (Lipinski definition) is 0. The summed E-state index contributed by atoms with van der Waals surface area (Å²) in [6, 6.07) is 0. The number of hydrogen-bond acceptors (Lipinski definition) is 0. The second-order valence-electron chi connectivity index (χ2n) is 5.89. The summed E-state index contributed by atoms with van der Waals surface area (Å²) in [7, 11) is 0. The second kappa shape index (κ2) is 2.53. The Kier molecular flexibility index (Phi) is 1.40. The van der Waals surface area contributed by atoms with Gasteiger partial charge in [0.05, 0.1) is 0 Å². The zero-order valence-corrected chi connectivity index (χ0v) is 8.60. The van der Waals surface area contributed by atoms with Crippen LogP contribution in [0.2, 0.25) is 0 Å². The summed E-state index contributed by atoms with van der Waals surface area (Å²) >= 11 is 0. The standard InChI is InChI=1S/C14H18/c1-3-11-5-9(1)7-13(11)14-8-10-2-4-12(14)6-10/h1-4,9-14H,5-8H2/t9-,10+,11+,12-,13?,14?. The van der Waals surface area contributed by atoms with Gasteiger partial charge in [-0.15, -0.1) is 0 Å². The second-order valence-corrected chi connectivity index (χ2v) is 5.89. The number of fused-ring (bicyclic) bond motifs is 4. The lowest BCUT2D eigenvalue weighted by Crippen LogP contribution is -2.22. The topological polar surface area (TPSA) is 0 Å². The van der Waals surface area contributed by atoms with Crippen molar-refractivity contribution in [1.82, 2.24) is 0 Å². The van der Waals surface area contributed by atoms with Crippen LogP contribution in [0.4, 0.5) is 0 Å². The summed E-state index contributed by atoms with van der Waals surface area (Å²) in [5, 5.41) is 0. The minimum atomic E-state index is 0.966. The van der Waals surface area contributed by atoms with Crippen molar-refractivity contribution < 1.29 is 0 Å². The van der Waals surface area contributed by atoms with E-state index in [9.17, 15) is 0 Å². The first-order valence-corrected chi connectivity index (χ1v) is 6.27. The summed E-state index contributed by atoms with van der Waals surface area (Å²) in [6.45, 7) is 0. The van der Waals surface area contributed by atoms with Crippen LogP contribution in [0.15, 0.2) is 24.3 Å². The Morgan fingerprint density at radius 1 is 0.571 bits per heavy atom. The van der Waals surface area contributed by atoms with Gasteiger partial charge in [-0.1, -0.05) is 24.3 Å². The molecule has 0 heterocycles. The molecule has 0 amide bonds. The fourth-order valence-electron chi connectivity index (χ4n) is 4.63. The third-order valence-electron chi connectivity index (χ3n) is 5.21. The van der Waals surface area contributed by atoms with Crippen LogP contribution in [0.1, 0.15) is 25.7 Å². The summed E-state index contributed by atoms with van der Waals surface area (Å²) in [5.41, 5.74) is 0. The van der Waals surface area contributed by atoms with Gasteiger partial charge in [0.2, 0.25) is 0 Å². The molecule has 4 aliphatic rings. The average molecular weight is 186 g/mol. The summed E-state index contributed by atoms with van der Waals surface area (Å²) < 4.78 is 0. The van der Waals surface area contributed by atoms with Gasteiger partial charge >= 0.3 is 0 Å². The zero-order valence-electron chi connectivity index (χ0n) is 8.60.